The van der Waals surface area contributed by atoms with Crippen LogP contribution < -0.4 is 5.32 Å². The molecule has 0 spiro atoms. The number of nitrogens with one attached hydrogen (secondary N) is 1. The fourth-order valence-corrected chi connectivity index (χ4v) is 4.14. The van der Waals surface area contributed by atoms with Gasteiger partial charge in [-0.15, -0.1) is 0 Å². The molecule has 2 aliphatic heterocycles. The molecule has 106 valence electrons. The van der Waals surface area contributed by atoms with Crippen LogP contribution in [0.4, 0.5) is 0 Å². The minimum absolute atomic E-state index is 0.311. The zero-order chi connectivity index (χ0) is 13.9. The normalized spacial score (nSPS) is 37.5. The average Bonchev–Trinajstić information content (AvgIpc) is 3.18. The first-order chi connectivity index (χ1) is 9.54. The molecule has 4 aliphatic rings. The summed E-state index contributed by atoms with van der Waals surface area (Å²) in [5.41, 5.74) is 4.71. The Bertz CT molecular complexity index is 568. The Morgan fingerprint density at radius 3 is 2.95 bits per heavy atom. The van der Waals surface area contributed by atoms with Gasteiger partial charge in [0.05, 0.1) is 0 Å². The summed E-state index contributed by atoms with van der Waals surface area (Å²) in [6.45, 7) is 5.92. The summed E-state index contributed by atoms with van der Waals surface area (Å²) in [5, 5.41) is 3.47. The standard InChI is InChI=1S/C17H21IN2/c1-17(2)7-8-20(12-4-5-14-15(10-12)19-14)16-6-3-11(18)9-13(16)17/h4-6,9-11,14-15,19H,3,7-8H2,1-2H3/t11?,14?,15-/m0/s1. The number of piperidine rings is 1. The molecule has 1 N–H and O–H groups in total. The summed E-state index contributed by atoms with van der Waals surface area (Å²) in [6.07, 6.45) is 14.3. The fourth-order valence-electron chi connectivity index (χ4n) is 3.53. The summed E-state index contributed by atoms with van der Waals surface area (Å²) < 4.78 is 0.649. The molecule has 3 heteroatoms. The monoisotopic (exact) mass is 380 g/mol. The third kappa shape index (κ3) is 2.10. The molecule has 0 amide bonds. The topological polar surface area (TPSA) is 25.2 Å². The lowest BCUT2D eigenvalue weighted by Gasteiger charge is -2.45. The van der Waals surface area contributed by atoms with E-state index in [-0.39, 0.29) is 0 Å². The molecule has 2 aliphatic carbocycles. The van der Waals surface area contributed by atoms with Crippen molar-refractivity contribution < 1.29 is 0 Å². The highest BCUT2D eigenvalue weighted by Crippen LogP contribution is 2.46. The molecule has 3 atom stereocenters. The van der Waals surface area contributed by atoms with Gasteiger partial charge in [-0.05, 0) is 36.0 Å². The van der Waals surface area contributed by atoms with E-state index in [1.54, 1.807) is 5.57 Å². The molecule has 0 radical (unpaired) electrons. The Morgan fingerprint density at radius 1 is 1.30 bits per heavy atom. The maximum Gasteiger partial charge on any atom is 0.0470 e. The van der Waals surface area contributed by atoms with Gasteiger partial charge in [0.2, 0.25) is 0 Å². The summed E-state index contributed by atoms with van der Waals surface area (Å²) >= 11 is 2.56. The van der Waals surface area contributed by atoms with Crippen LogP contribution in [-0.2, 0) is 0 Å². The largest absolute Gasteiger partial charge is 0.342 e. The van der Waals surface area contributed by atoms with E-state index in [0.29, 0.717) is 21.4 Å². The molecule has 2 fully saturated rings. The summed E-state index contributed by atoms with van der Waals surface area (Å²) in [6, 6.07) is 1.19. The van der Waals surface area contributed by atoms with Gasteiger partial charge >= 0.3 is 0 Å². The van der Waals surface area contributed by atoms with Gasteiger partial charge in [0.1, 0.15) is 0 Å². The van der Waals surface area contributed by atoms with Crippen LogP contribution in [0.15, 0.2) is 47.3 Å². The van der Waals surface area contributed by atoms with Crippen LogP contribution in [0.1, 0.15) is 26.7 Å². The van der Waals surface area contributed by atoms with Crippen LogP contribution in [0.3, 0.4) is 0 Å². The van der Waals surface area contributed by atoms with Crippen molar-refractivity contribution in [2.45, 2.75) is 42.7 Å². The Kier molecular flexibility index (Phi) is 2.94. The van der Waals surface area contributed by atoms with Crippen molar-refractivity contribution >= 4 is 22.6 Å². The number of nitrogens with zero attached hydrogens (tertiary/aromatic N) is 1. The summed E-state index contributed by atoms with van der Waals surface area (Å²) in [7, 11) is 0. The van der Waals surface area contributed by atoms with E-state index in [0.717, 1.165) is 13.0 Å². The SMILES string of the molecule is CC1(C)CCN(C2=C[C@@H]3NC3C=C2)C2=CCC(I)C=C21. The molecule has 0 bridgehead atoms. The zero-order valence-corrected chi connectivity index (χ0v) is 14.2. The molecule has 2 unspecified atom stereocenters. The Labute approximate surface area is 134 Å². The molecule has 0 saturated carbocycles. The number of alkyl halides is 1. The van der Waals surface area contributed by atoms with Crippen molar-refractivity contribution in [1.29, 1.82) is 0 Å². The van der Waals surface area contributed by atoms with Crippen LogP contribution in [0.2, 0.25) is 0 Å². The number of hydrogen-bond acceptors (Lipinski definition) is 2. The molecular formula is C17H21IN2. The van der Waals surface area contributed by atoms with E-state index in [9.17, 15) is 0 Å². The molecular weight excluding hydrogens is 359 g/mol. The molecule has 0 aromatic carbocycles. The van der Waals surface area contributed by atoms with E-state index >= 15 is 0 Å². The molecule has 0 aromatic heterocycles. The third-order valence-electron chi connectivity index (χ3n) is 4.94. The average molecular weight is 380 g/mol. The van der Waals surface area contributed by atoms with Crippen LogP contribution in [-0.4, -0.2) is 27.5 Å². The minimum atomic E-state index is 0.311. The Morgan fingerprint density at radius 2 is 2.15 bits per heavy atom. The zero-order valence-electron chi connectivity index (χ0n) is 12.1. The lowest BCUT2D eigenvalue weighted by molar-refractivity contribution is 0.274. The van der Waals surface area contributed by atoms with Crippen LogP contribution in [0.25, 0.3) is 0 Å². The first kappa shape index (κ1) is 13.1. The molecule has 2 saturated heterocycles. The number of allylic oxidation sites excluding steroid dienone is 4. The maximum atomic E-state index is 3.47. The highest BCUT2D eigenvalue weighted by Gasteiger charge is 2.39. The van der Waals surface area contributed by atoms with E-state index in [4.69, 9.17) is 0 Å². The van der Waals surface area contributed by atoms with Crippen molar-refractivity contribution in [1.82, 2.24) is 10.2 Å². The molecule has 4 rings (SSSR count). The second-order valence-corrected chi connectivity index (χ2v) is 8.48. The quantitative estimate of drug-likeness (QED) is 0.428. The molecule has 20 heavy (non-hydrogen) atoms. The maximum absolute atomic E-state index is 3.47. The third-order valence-corrected chi connectivity index (χ3v) is 5.81. The van der Waals surface area contributed by atoms with Gasteiger partial charge in [0.15, 0.2) is 0 Å². The van der Waals surface area contributed by atoms with E-state index in [1.165, 1.54) is 17.8 Å². The first-order valence-corrected chi connectivity index (χ1v) is 8.80. The summed E-state index contributed by atoms with van der Waals surface area (Å²) in [5.74, 6) is 0. The predicted octanol–water partition coefficient (Wildman–Crippen LogP) is 3.53. The van der Waals surface area contributed by atoms with E-state index in [2.05, 4.69) is 77.0 Å². The predicted molar refractivity (Wildman–Crippen MR) is 91.6 cm³/mol. The Hall–Kier alpha value is -0.550. The van der Waals surface area contributed by atoms with Gasteiger partial charge in [-0.1, -0.05) is 54.7 Å². The Balaban J connectivity index is 1.69. The fraction of sp³-hybridized carbons (Fsp3) is 0.529. The van der Waals surface area contributed by atoms with Gasteiger partial charge in [0.25, 0.3) is 0 Å². The van der Waals surface area contributed by atoms with Crippen LogP contribution in [0.5, 0.6) is 0 Å². The van der Waals surface area contributed by atoms with Gasteiger partial charge in [-0.25, -0.2) is 0 Å². The van der Waals surface area contributed by atoms with Crippen molar-refractivity contribution in [3.05, 3.63) is 47.3 Å². The lowest BCUT2D eigenvalue weighted by atomic mass is 9.74. The van der Waals surface area contributed by atoms with Gasteiger partial charge in [0, 0.05) is 33.9 Å². The first-order valence-electron chi connectivity index (χ1n) is 7.55. The number of rotatable bonds is 1. The number of likely N-dealkylation sites (tertiary alicyclic amines) is 1. The second-order valence-electron chi connectivity index (χ2n) is 6.88. The summed E-state index contributed by atoms with van der Waals surface area (Å²) in [4.78, 5) is 2.53. The van der Waals surface area contributed by atoms with Crippen molar-refractivity contribution in [2.24, 2.45) is 5.41 Å². The molecule has 2 heterocycles. The van der Waals surface area contributed by atoms with E-state index < -0.39 is 0 Å². The van der Waals surface area contributed by atoms with Gasteiger partial charge in [-0.2, -0.15) is 0 Å². The number of fused-ring (bicyclic) bond motifs is 2. The molecule has 2 nitrogen and oxygen atoms in total. The van der Waals surface area contributed by atoms with Crippen LogP contribution in [0, 0.1) is 5.41 Å². The number of halogens is 1. The highest BCUT2D eigenvalue weighted by atomic mass is 127. The van der Waals surface area contributed by atoms with Gasteiger partial charge in [-0.3, -0.25) is 0 Å². The highest BCUT2D eigenvalue weighted by molar-refractivity contribution is 14.1. The minimum Gasteiger partial charge on any atom is -0.342 e. The smallest absolute Gasteiger partial charge is 0.0470 e. The van der Waals surface area contributed by atoms with Crippen molar-refractivity contribution in [3.63, 3.8) is 0 Å². The lowest BCUT2D eigenvalue weighted by Crippen LogP contribution is -2.38. The van der Waals surface area contributed by atoms with E-state index in [1.807, 2.05) is 0 Å². The van der Waals surface area contributed by atoms with Crippen molar-refractivity contribution in [2.75, 3.05) is 6.54 Å². The van der Waals surface area contributed by atoms with Crippen LogP contribution >= 0.6 is 22.6 Å². The second kappa shape index (κ2) is 4.47. The number of hydrogen-bond donors (Lipinski definition) is 1. The van der Waals surface area contributed by atoms with Crippen molar-refractivity contribution in [3.8, 4) is 0 Å². The molecule has 0 aromatic rings. The van der Waals surface area contributed by atoms with Gasteiger partial charge < -0.3 is 10.2 Å².